The summed E-state index contributed by atoms with van der Waals surface area (Å²) in [4.78, 5) is 7.10. The Morgan fingerprint density at radius 3 is 2.69 bits per heavy atom. The summed E-state index contributed by atoms with van der Waals surface area (Å²) in [7, 11) is 0. The van der Waals surface area contributed by atoms with Crippen LogP contribution in [-0.4, -0.2) is 36.0 Å². The van der Waals surface area contributed by atoms with Gasteiger partial charge in [0.05, 0.1) is 26.2 Å². The molecule has 152 valence electrons. The maximum Gasteiger partial charge on any atom is 0.292 e. The molecule has 1 atom stereocenters. The van der Waals surface area contributed by atoms with Crippen molar-refractivity contribution in [1.29, 1.82) is 0 Å². The third kappa shape index (κ3) is 4.63. The maximum absolute atomic E-state index is 13.8. The normalized spacial score (nSPS) is 16.0. The molecule has 4 rings (SSSR count). The molecule has 3 heterocycles. The van der Waals surface area contributed by atoms with E-state index >= 15 is 0 Å². The van der Waals surface area contributed by atoms with Crippen LogP contribution >= 0.6 is 12.2 Å². The summed E-state index contributed by atoms with van der Waals surface area (Å²) in [6, 6.07) is 10.4. The maximum atomic E-state index is 13.8. The number of aromatic nitrogens is 3. The first-order chi connectivity index (χ1) is 14.1. The Labute approximate surface area is 173 Å². The molecule has 3 aromatic rings. The zero-order chi connectivity index (χ0) is 20.2. The third-order valence-corrected chi connectivity index (χ3v) is 5.31. The van der Waals surface area contributed by atoms with Crippen molar-refractivity contribution in [3.05, 3.63) is 65.3 Å². The minimum atomic E-state index is -0.545. The summed E-state index contributed by atoms with van der Waals surface area (Å²) in [6.45, 7) is 6.27. The van der Waals surface area contributed by atoms with Gasteiger partial charge in [-0.15, -0.1) is 5.10 Å². The number of halogens is 1. The van der Waals surface area contributed by atoms with Crippen LogP contribution in [0.2, 0.25) is 0 Å². The number of pyridine rings is 1. The van der Waals surface area contributed by atoms with Crippen molar-refractivity contribution >= 4 is 17.9 Å². The average Bonchev–Trinajstić information content (AvgIpc) is 3.11. The quantitative estimate of drug-likeness (QED) is 0.618. The lowest BCUT2D eigenvalue weighted by Gasteiger charge is -2.32. The van der Waals surface area contributed by atoms with E-state index in [1.807, 2.05) is 12.4 Å². The van der Waals surface area contributed by atoms with E-state index in [0.717, 1.165) is 26.2 Å². The summed E-state index contributed by atoms with van der Waals surface area (Å²) < 4.78 is 26.7. The van der Waals surface area contributed by atoms with Crippen molar-refractivity contribution in [1.82, 2.24) is 9.78 Å². The number of rotatable bonds is 6. The molecule has 0 amide bonds. The van der Waals surface area contributed by atoms with Crippen LogP contribution in [0.4, 0.5) is 10.1 Å². The molecule has 7 nitrogen and oxygen atoms in total. The van der Waals surface area contributed by atoms with Crippen molar-refractivity contribution in [2.24, 2.45) is 0 Å². The second-order valence-corrected chi connectivity index (χ2v) is 7.40. The molecule has 9 heteroatoms. The first-order valence-electron chi connectivity index (χ1n) is 9.64. The molecular formula is C20H24FN5O2S+2. The number of benzene rings is 1. The van der Waals surface area contributed by atoms with E-state index in [1.54, 1.807) is 29.8 Å². The predicted octanol–water partition coefficient (Wildman–Crippen LogP) is 1.66. The van der Waals surface area contributed by atoms with Crippen molar-refractivity contribution in [3.63, 3.8) is 0 Å². The number of para-hydroxylation sites is 1. The third-order valence-electron chi connectivity index (χ3n) is 5.02. The van der Waals surface area contributed by atoms with Crippen LogP contribution in [0.25, 0.3) is 0 Å². The average molecular weight is 418 g/mol. The highest BCUT2D eigenvalue weighted by molar-refractivity contribution is 7.71. The van der Waals surface area contributed by atoms with Gasteiger partial charge < -0.3 is 19.0 Å². The molecule has 29 heavy (non-hydrogen) atoms. The molecule has 0 unspecified atom stereocenters. The monoisotopic (exact) mass is 417 g/mol. The number of anilines is 1. The molecule has 0 bridgehead atoms. The second-order valence-electron chi connectivity index (χ2n) is 7.05. The Morgan fingerprint density at radius 2 is 1.97 bits per heavy atom. The zero-order valence-electron chi connectivity index (χ0n) is 16.2. The smallest absolute Gasteiger partial charge is 0.292 e. The van der Waals surface area contributed by atoms with E-state index in [1.165, 1.54) is 16.7 Å². The van der Waals surface area contributed by atoms with Gasteiger partial charge in [-0.3, -0.25) is 0 Å². The topological polar surface area (TPSA) is 62.0 Å². The van der Waals surface area contributed by atoms with Crippen LogP contribution in [0.3, 0.4) is 0 Å². The Balaban J connectivity index is 1.36. The second kappa shape index (κ2) is 8.71. The molecule has 1 fully saturated rings. The number of hydrogen-bond acceptors (Lipinski definition) is 5. The number of hydrogen-bond donors (Lipinski definition) is 1. The van der Waals surface area contributed by atoms with Gasteiger partial charge >= 0.3 is 0 Å². The molecule has 0 aliphatic carbocycles. The summed E-state index contributed by atoms with van der Waals surface area (Å²) in [5.41, 5.74) is 1.22. The van der Waals surface area contributed by atoms with Gasteiger partial charge in [0.25, 0.3) is 10.7 Å². The highest BCUT2D eigenvalue weighted by atomic mass is 32.1. The van der Waals surface area contributed by atoms with Crippen LogP contribution in [0.5, 0.6) is 5.75 Å². The van der Waals surface area contributed by atoms with E-state index in [-0.39, 0.29) is 5.75 Å². The lowest BCUT2D eigenvalue weighted by atomic mass is 10.3. The Hall–Kier alpha value is -2.78. The number of aromatic amines is 1. The number of nitrogens with one attached hydrogen (secondary N) is 2. The number of H-pyrrole nitrogens is 1. The number of ether oxygens (including phenoxy) is 1. The van der Waals surface area contributed by atoms with Gasteiger partial charge in [0, 0.05) is 17.8 Å². The van der Waals surface area contributed by atoms with Crippen molar-refractivity contribution in [2.75, 3.05) is 31.1 Å². The molecule has 2 aromatic heterocycles. The van der Waals surface area contributed by atoms with Crippen molar-refractivity contribution in [3.8, 4) is 5.75 Å². The molecule has 0 spiro atoms. The Kier molecular flexibility index (Phi) is 5.86. The molecular weight excluding hydrogens is 393 g/mol. The van der Waals surface area contributed by atoms with Crippen LogP contribution < -0.4 is 19.5 Å². The lowest BCUT2D eigenvalue weighted by molar-refractivity contribution is -0.924. The van der Waals surface area contributed by atoms with E-state index in [9.17, 15) is 4.39 Å². The molecule has 1 aliphatic heterocycles. The van der Waals surface area contributed by atoms with Crippen LogP contribution in [0, 0.1) is 10.7 Å². The summed E-state index contributed by atoms with van der Waals surface area (Å²) in [5.74, 6) is 0.0868. The van der Waals surface area contributed by atoms with Gasteiger partial charge in [0.15, 0.2) is 36.7 Å². The van der Waals surface area contributed by atoms with Gasteiger partial charge in [-0.25, -0.2) is 9.37 Å². The van der Waals surface area contributed by atoms with Gasteiger partial charge in [-0.2, -0.15) is 4.68 Å². The number of piperazine rings is 1. The lowest BCUT2D eigenvalue weighted by Crippen LogP contribution is -3.14. The molecule has 0 saturated carbocycles. The van der Waals surface area contributed by atoms with Crippen LogP contribution in [0.1, 0.15) is 18.9 Å². The molecule has 2 N–H and O–H groups in total. The minimum absolute atomic E-state index is 0.163. The summed E-state index contributed by atoms with van der Waals surface area (Å²) in [5, 5.41) is 4.47. The molecule has 0 radical (unpaired) electrons. The Bertz CT molecular complexity index is 1000. The van der Waals surface area contributed by atoms with Gasteiger partial charge in [-0.05, 0) is 31.3 Å². The standard InChI is InChI=1S/C20H22FN5O2S/c1-15(27-18-5-3-2-4-17(18)21)19-23-26(20(29)28-19)14-24-10-12-25(13-11-24)16-6-8-22-9-7-16/h2-9,15H,10-14H2,1H3/p+2/t15-/m0/s1. The first-order valence-corrected chi connectivity index (χ1v) is 10.0. The Morgan fingerprint density at radius 1 is 1.24 bits per heavy atom. The van der Waals surface area contributed by atoms with Gasteiger partial charge in [0.1, 0.15) is 0 Å². The van der Waals surface area contributed by atoms with Crippen LogP contribution in [-0.2, 0) is 6.67 Å². The minimum Gasteiger partial charge on any atom is -0.478 e. The molecule has 1 aromatic carbocycles. The SMILES string of the molecule is C[C@H](Oc1ccccc1F)c1nn(C[NH+]2CCN(c3cc[nH+]cc3)CC2)c(=S)o1. The predicted molar refractivity (Wildman–Crippen MR) is 107 cm³/mol. The fraction of sp³-hybridized carbons (Fsp3) is 0.350. The van der Waals surface area contributed by atoms with Crippen molar-refractivity contribution < 1.29 is 23.4 Å². The summed E-state index contributed by atoms with van der Waals surface area (Å²) in [6.07, 6.45) is 3.33. The van der Waals surface area contributed by atoms with Gasteiger partial charge in [0.2, 0.25) is 0 Å². The van der Waals surface area contributed by atoms with Crippen LogP contribution in [0.15, 0.2) is 53.2 Å². The highest BCUT2D eigenvalue weighted by Gasteiger charge is 2.23. The highest BCUT2D eigenvalue weighted by Crippen LogP contribution is 2.23. The van der Waals surface area contributed by atoms with E-state index in [0.29, 0.717) is 17.4 Å². The number of nitrogens with zero attached hydrogens (tertiary/aromatic N) is 3. The number of quaternary nitrogens is 1. The van der Waals surface area contributed by atoms with Gasteiger partial charge in [-0.1, -0.05) is 12.1 Å². The first kappa shape index (κ1) is 19.5. The van der Waals surface area contributed by atoms with E-state index < -0.39 is 11.9 Å². The van der Waals surface area contributed by atoms with Crippen molar-refractivity contribution in [2.45, 2.75) is 19.7 Å². The fourth-order valence-electron chi connectivity index (χ4n) is 3.41. The zero-order valence-corrected chi connectivity index (χ0v) is 17.0. The summed E-state index contributed by atoms with van der Waals surface area (Å²) >= 11 is 5.33. The molecule has 1 aliphatic rings. The fourth-order valence-corrected chi connectivity index (χ4v) is 3.60. The molecule has 1 saturated heterocycles. The van der Waals surface area contributed by atoms with E-state index in [2.05, 4.69) is 27.1 Å². The largest absolute Gasteiger partial charge is 0.478 e. The van der Waals surface area contributed by atoms with E-state index in [4.69, 9.17) is 21.4 Å².